The molecule has 100 valence electrons. The van der Waals surface area contributed by atoms with Gasteiger partial charge in [0.25, 0.3) is 0 Å². The van der Waals surface area contributed by atoms with Gasteiger partial charge in [-0.25, -0.2) is 0 Å². The van der Waals surface area contributed by atoms with E-state index in [9.17, 15) is 0 Å². The smallest absolute Gasteiger partial charge is 0.157 e. The van der Waals surface area contributed by atoms with Crippen LogP contribution in [-0.4, -0.2) is 17.0 Å². The van der Waals surface area contributed by atoms with Gasteiger partial charge in [-0.1, -0.05) is 38.5 Å². The number of halogens is 1. The van der Waals surface area contributed by atoms with Crippen LogP contribution >= 0.6 is 39.0 Å². The monoisotopic (exact) mass is 346 g/mol. The second kappa shape index (κ2) is 6.96. The Kier molecular flexibility index (Phi) is 5.57. The first-order valence-electron chi connectivity index (χ1n) is 6.42. The van der Waals surface area contributed by atoms with Crippen molar-refractivity contribution >= 4 is 44.2 Å². The third kappa shape index (κ3) is 3.75. The number of thiophene rings is 1. The summed E-state index contributed by atoms with van der Waals surface area (Å²) >= 11 is 7.19. The molecule has 0 saturated heterocycles. The second-order valence-corrected chi connectivity index (χ2v) is 8.21. The first kappa shape index (κ1) is 14.4. The summed E-state index contributed by atoms with van der Waals surface area (Å²) in [6.07, 6.45) is 2.52. The van der Waals surface area contributed by atoms with E-state index in [1.165, 1.54) is 21.5 Å². The van der Waals surface area contributed by atoms with E-state index in [0.29, 0.717) is 5.25 Å². The van der Waals surface area contributed by atoms with Gasteiger partial charge in [0.15, 0.2) is 5.17 Å². The summed E-state index contributed by atoms with van der Waals surface area (Å²) in [5.74, 6) is 0.800. The minimum Gasteiger partial charge on any atom is -0.360 e. The Morgan fingerprint density at radius 1 is 1.44 bits per heavy atom. The van der Waals surface area contributed by atoms with Crippen molar-refractivity contribution in [2.45, 2.75) is 38.5 Å². The summed E-state index contributed by atoms with van der Waals surface area (Å²) in [6, 6.07) is 4.25. The van der Waals surface area contributed by atoms with Gasteiger partial charge in [0.2, 0.25) is 0 Å². The van der Waals surface area contributed by atoms with E-state index in [1.807, 2.05) is 11.8 Å². The summed E-state index contributed by atoms with van der Waals surface area (Å²) in [6.45, 7) is 6.43. The van der Waals surface area contributed by atoms with Gasteiger partial charge in [-0.15, -0.1) is 11.3 Å². The predicted octanol–water partition coefficient (Wildman–Crippen LogP) is 4.51. The van der Waals surface area contributed by atoms with Crippen LogP contribution in [0.2, 0.25) is 0 Å². The highest BCUT2D eigenvalue weighted by atomic mass is 79.9. The SMILES string of the molecule is CCC(CC)C1CN=C(NCc2ccc(Br)s2)S1. The summed E-state index contributed by atoms with van der Waals surface area (Å²) < 4.78 is 1.19. The summed E-state index contributed by atoms with van der Waals surface area (Å²) in [7, 11) is 0. The highest BCUT2D eigenvalue weighted by Crippen LogP contribution is 2.30. The molecule has 0 aromatic carbocycles. The zero-order chi connectivity index (χ0) is 13.0. The van der Waals surface area contributed by atoms with Crippen LogP contribution in [0.4, 0.5) is 0 Å². The summed E-state index contributed by atoms with van der Waals surface area (Å²) in [5.41, 5.74) is 0. The van der Waals surface area contributed by atoms with Crippen LogP contribution in [0.5, 0.6) is 0 Å². The largest absolute Gasteiger partial charge is 0.360 e. The molecule has 5 heteroatoms. The van der Waals surface area contributed by atoms with Gasteiger partial charge in [0, 0.05) is 10.1 Å². The maximum absolute atomic E-state index is 4.62. The van der Waals surface area contributed by atoms with Crippen LogP contribution in [0.1, 0.15) is 31.6 Å². The van der Waals surface area contributed by atoms with Crippen LogP contribution in [0.15, 0.2) is 20.9 Å². The quantitative estimate of drug-likeness (QED) is 0.848. The van der Waals surface area contributed by atoms with E-state index in [2.05, 4.69) is 52.2 Å². The molecule has 0 saturated carbocycles. The Labute approximate surface area is 126 Å². The maximum atomic E-state index is 4.62. The number of amidine groups is 1. The molecule has 1 aromatic heterocycles. The molecule has 0 radical (unpaired) electrons. The normalized spacial score (nSPS) is 19.3. The van der Waals surface area contributed by atoms with Crippen LogP contribution in [0, 0.1) is 5.92 Å². The van der Waals surface area contributed by atoms with Gasteiger partial charge in [0.05, 0.1) is 16.9 Å². The second-order valence-electron chi connectivity index (χ2n) is 4.44. The van der Waals surface area contributed by atoms with E-state index in [4.69, 9.17) is 0 Å². The lowest BCUT2D eigenvalue weighted by Gasteiger charge is -2.18. The molecule has 2 heterocycles. The van der Waals surface area contributed by atoms with Gasteiger partial charge in [-0.05, 0) is 34.0 Å². The highest BCUT2D eigenvalue weighted by Gasteiger charge is 2.25. The van der Waals surface area contributed by atoms with Crippen molar-refractivity contribution in [3.63, 3.8) is 0 Å². The number of nitrogens with zero attached hydrogens (tertiary/aromatic N) is 1. The zero-order valence-electron chi connectivity index (χ0n) is 10.8. The van der Waals surface area contributed by atoms with E-state index in [0.717, 1.165) is 24.2 Å². The van der Waals surface area contributed by atoms with Crippen LogP contribution in [0.25, 0.3) is 0 Å². The van der Waals surface area contributed by atoms with E-state index in [-0.39, 0.29) is 0 Å². The molecule has 0 fully saturated rings. The lowest BCUT2D eigenvalue weighted by Crippen LogP contribution is -2.21. The predicted molar refractivity (Wildman–Crippen MR) is 86.6 cm³/mol. The van der Waals surface area contributed by atoms with Crippen molar-refractivity contribution in [2.24, 2.45) is 10.9 Å². The van der Waals surface area contributed by atoms with Gasteiger partial charge in [0.1, 0.15) is 0 Å². The van der Waals surface area contributed by atoms with Crippen molar-refractivity contribution in [3.8, 4) is 0 Å². The van der Waals surface area contributed by atoms with Crippen LogP contribution in [-0.2, 0) is 6.54 Å². The third-order valence-corrected chi connectivity index (χ3v) is 6.25. The molecule has 0 bridgehead atoms. The Bertz CT molecular complexity index is 413. The Balaban J connectivity index is 1.79. The van der Waals surface area contributed by atoms with Gasteiger partial charge in [-0.2, -0.15) is 0 Å². The fraction of sp³-hybridized carbons (Fsp3) is 0.615. The molecular weight excluding hydrogens is 328 g/mol. The Hall–Kier alpha value is -0.000000000000000111. The van der Waals surface area contributed by atoms with Crippen molar-refractivity contribution in [3.05, 3.63) is 20.8 Å². The molecule has 1 aliphatic rings. The Morgan fingerprint density at radius 3 is 2.83 bits per heavy atom. The molecular formula is C13H19BrN2S2. The van der Waals surface area contributed by atoms with Crippen molar-refractivity contribution in [1.82, 2.24) is 5.32 Å². The van der Waals surface area contributed by atoms with E-state index >= 15 is 0 Å². The van der Waals surface area contributed by atoms with E-state index in [1.54, 1.807) is 11.3 Å². The van der Waals surface area contributed by atoms with E-state index < -0.39 is 0 Å². The lowest BCUT2D eigenvalue weighted by molar-refractivity contribution is 0.479. The number of nitrogens with one attached hydrogen (secondary N) is 1. The summed E-state index contributed by atoms with van der Waals surface area (Å²) in [4.78, 5) is 5.96. The van der Waals surface area contributed by atoms with Gasteiger partial charge >= 0.3 is 0 Å². The van der Waals surface area contributed by atoms with Crippen molar-refractivity contribution < 1.29 is 0 Å². The first-order chi connectivity index (χ1) is 8.72. The molecule has 0 aliphatic carbocycles. The fourth-order valence-corrected chi connectivity index (χ4v) is 4.90. The standard InChI is InChI=1S/C13H19BrN2S2/c1-3-9(4-2)11-8-16-13(18-11)15-7-10-5-6-12(14)17-10/h5-6,9,11H,3-4,7-8H2,1-2H3,(H,15,16). The zero-order valence-corrected chi connectivity index (χ0v) is 14.0. The molecule has 0 spiro atoms. The average molecular weight is 347 g/mol. The summed E-state index contributed by atoms with van der Waals surface area (Å²) in [5, 5.41) is 5.25. The molecule has 1 atom stereocenters. The molecule has 1 aliphatic heterocycles. The fourth-order valence-electron chi connectivity index (χ4n) is 2.16. The van der Waals surface area contributed by atoms with Crippen LogP contribution in [0.3, 0.4) is 0 Å². The molecule has 1 N–H and O–H groups in total. The average Bonchev–Trinajstić information content (AvgIpc) is 2.98. The topological polar surface area (TPSA) is 24.4 Å². The minimum absolute atomic E-state index is 0.678. The molecule has 18 heavy (non-hydrogen) atoms. The molecule has 1 aromatic rings. The highest BCUT2D eigenvalue weighted by molar-refractivity contribution is 9.11. The number of aliphatic imine (C=N–C) groups is 1. The van der Waals surface area contributed by atoms with Crippen LogP contribution < -0.4 is 5.32 Å². The number of rotatable bonds is 5. The maximum Gasteiger partial charge on any atom is 0.157 e. The minimum atomic E-state index is 0.678. The molecule has 2 nitrogen and oxygen atoms in total. The number of thioether (sulfide) groups is 1. The lowest BCUT2D eigenvalue weighted by atomic mass is 9.99. The van der Waals surface area contributed by atoms with Crippen molar-refractivity contribution in [1.29, 1.82) is 0 Å². The molecule has 0 amide bonds. The Morgan fingerprint density at radius 2 is 2.22 bits per heavy atom. The van der Waals surface area contributed by atoms with Crippen molar-refractivity contribution in [2.75, 3.05) is 6.54 Å². The van der Waals surface area contributed by atoms with Gasteiger partial charge in [-0.3, -0.25) is 4.99 Å². The number of hydrogen-bond acceptors (Lipinski definition) is 4. The molecule has 1 unspecified atom stereocenters. The third-order valence-electron chi connectivity index (χ3n) is 3.30. The first-order valence-corrected chi connectivity index (χ1v) is 8.91. The molecule has 2 rings (SSSR count). The van der Waals surface area contributed by atoms with Gasteiger partial charge < -0.3 is 5.32 Å². The number of hydrogen-bond donors (Lipinski definition) is 1.